The number of carbonyl (C=O) groups excluding carboxylic acids is 1. The largest absolute Gasteiger partial charge is 0.370 e. The molecular formula is C18H23ClN3O3+. The Bertz CT molecular complexity index is 726. The average molecular weight is 365 g/mol. The van der Waals surface area contributed by atoms with Crippen LogP contribution in [-0.4, -0.2) is 50.5 Å². The molecule has 2 N–H and O–H groups in total. The van der Waals surface area contributed by atoms with Crippen LogP contribution < -0.4 is 10.2 Å². The number of nitrogens with one attached hydrogen (secondary N) is 2. The van der Waals surface area contributed by atoms with Gasteiger partial charge in [0.25, 0.3) is 5.91 Å². The Hall–Kier alpha value is -1.89. The molecule has 134 valence electrons. The van der Waals surface area contributed by atoms with Crippen molar-refractivity contribution in [2.75, 3.05) is 39.4 Å². The summed E-state index contributed by atoms with van der Waals surface area (Å²) in [5, 5.41) is 7.54. The third-order valence-corrected chi connectivity index (χ3v) is 4.74. The third kappa shape index (κ3) is 4.39. The van der Waals surface area contributed by atoms with Crippen LogP contribution in [0.2, 0.25) is 5.02 Å². The molecule has 3 rings (SSSR count). The second-order valence-corrected chi connectivity index (χ2v) is 6.57. The van der Waals surface area contributed by atoms with Crippen LogP contribution in [0.25, 0.3) is 11.3 Å². The Kier molecular flexibility index (Phi) is 6.07. The first-order valence-corrected chi connectivity index (χ1v) is 8.95. The van der Waals surface area contributed by atoms with E-state index in [0.29, 0.717) is 34.1 Å². The molecule has 1 aromatic heterocycles. The maximum absolute atomic E-state index is 12.6. The number of benzene rings is 1. The lowest BCUT2D eigenvalue weighted by Crippen LogP contribution is -3.14. The lowest BCUT2D eigenvalue weighted by atomic mass is 10.1. The van der Waals surface area contributed by atoms with E-state index in [1.54, 1.807) is 13.0 Å². The summed E-state index contributed by atoms with van der Waals surface area (Å²) in [6.07, 6.45) is 0.923. The van der Waals surface area contributed by atoms with E-state index in [4.69, 9.17) is 20.9 Å². The van der Waals surface area contributed by atoms with Gasteiger partial charge in [-0.15, -0.1) is 0 Å². The molecule has 1 aliphatic rings. The molecule has 0 spiro atoms. The summed E-state index contributed by atoms with van der Waals surface area (Å²) in [4.78, 5) is 14.1. The summed E-state index contributed by atoms with van der Waals surface area (Å²) in [5.74, 6) is 0.317. The van der Waals surface area contributed by atoms with Crippen LogP contribution >= 0.6 is 11.6 Å². The molecule has 0 unspecified atom stereocenters. The lowest BCUT2D eigenvalue weighted by molar-refractivity contribution is -0.908. The number of amides is 1. The summed E-state index contributed by atoms with van der Waals surface area (Å²) in [6, 6.07) is 7.30. The first-order chi connectivity index (χ1) is 12.2. The second-order valence-electron chi connectivity index (χ2n) is 6.16. The molecule has 1 aromatic carbocycles. The van der Waals surface area contributed by atoms with Gasteiger partial charge in [0, 0.05) is 18.5 Å². The Labute approximate surface area is 152 Å². The number of quaternary nitrogens is 1. The molecule has 0 aliphatic carbocycles. The third-order valence-electron chi connectivity index (χ3n) is 4.41. The lowest BCUT2D eigenvalue weighted by Gasteiger charge is -2.23. The van der Waals surface area contributed by atoms with Crippen molar-refractivity contribution in [3.8, 4) is 11.3 Å². The van der Waals surface area contributed by atoms with E-state index in [0.717, 1.165) is 39.3 Å². The number of halogens is 1. The van der Waals surface area contributed by atoms with Crippen LogP contribution in [0, 0.1) is 6.92 Å². The zero-order chi connectivity index (χ0) is 17.6. The van der Waals surface area contributed by atoms with Gasteiger partial charge in [-0.05, 0) is 13.0 Å². The molecule has 1 fully saturated rings. The van der Waals surface area contributed by atoms with Gasteiger partial charge in [0.05, 0.1) is 24.8 Å². The molecule has 1 aliphatic heterocycles. The van der Waals surface area contributed by atoms with Crippen LogP contribution in [0.15, 0.2) is 28.8 Å². The summed E-state index contributed by atoms with van der Waals surface area (Å²) in [5.41, 5.74) is 1.63. The smallest absolute Gasteiger partial charge is 0.257 e. The quantitative estimate of drug-likeness (QED) is 0.759. The second kappa shape index (κ2) is 8.47. The van der Waals surface area contributed by atoms with E-state index in [2.05, 4.69) is 10.5 Å². The van der Waals surface area contributed by atoms with Crippen LogP contribution in [0.4, 0.5) is 0 Å². The van der Waals surface area contributed by atoms with Gasteiger partial charge >= 0.3 is 0 Å². The maximum Gasteiger partial charge on any atom is 0.257 e. The van der Waals surface area contributed by atoms with Gasteiger partial charge in [0.2, 0.25) is 0 Å². The van der Waals surface area contributed by atoms with Crippen molar-refractivity contribution in [2.45, 2.75) is 13.3 Å². The molecule has 25 heavy (non-hydrogen) atoms. The van der Waals surface area contributed by atoms with Gasteiger partial charge in [-0.3, -0.25) is 4.79 Å². The van der Waals surface area contributed by atoms with Crippen LogP contribution in [-0.2, 0) is 4.74 Å². The monoisotopic (exact) mass is 364 g/mol. The van der Waals surface area contributed by atoms with Crippen molar-refractivity contribution in [1.29, 1.82) is 0 Å². The molecule has 2 heterocycles. The number of aryl methyl sites for hydroxylation is 1. The summed E-state index contributed by atoms with van der Waals surface area (Å²) in [6.45, 7) is 7.11. The standard InChI is InChI=1S/C18H22ClN3O3/c1-13-16(17(21-25-13)14-5-2-3-6-15(14)19)18(23)20-7-4-8-22-9-11-24-12-10-22/h2-3,5-6H,4,7-12H2,1H3,(H,20,23)/p+1. The Morgan fingerprint density at radius 3 is 2.84 bits per heavy atom. The van der Waals surface area contributed by atoms with Gasteiger partial charge < -0.3 is 19.5 Å². The summed E-state index contributed by atoms with van der Waals surface area (Å²) in [7, 11) is 0. The first kappa shape index (κ1) is 17.9. The number of nitrogens with zero attached hydrogens (tertiary/aromatic N) is 1. The van der Waals surface area contributed by atoms with Crippen molar-refractivity contribution in [3.63, 3.8) is 0 Å². The predicted molar refractivity (Wildman–Crippen MR) is 95.0 cm³/mol. The van der Waals surface area contributed by atoms with Crippen molar-refractivity contribution >= 4 is 17.5 Å². The average Bonchev–Trinajstić information content (AvgIpc) is 3.01. The minimum absolute atomic E-state index is 0.175. The van der Waals surface area contributed by atoms with Gasteiger partial charge in [-0.2, -0.15) is 0 Å². The minimum atomic E-state index is -0.175. The van der Waals surface area contributed by atoms with E-state index in [1.165, 1.54) is 4.90 Å². The fourth-order valence-corrected chi connectivity index (χ4v) is 3.24. The molecule has 0 saturated carbocycles. The van der Waals surface area contributed by atoms with Crippen molar-refractivity contribution in [3.05, 3.63) is 40.6 Å². The molecule has 1 amide bonds. The highest BCUT2D eigenvalue weighted by Crippen LogP contribution is 2.30. The highest BCUT2D eigenvalue weighted by Gasteiger charge is 2.22. The minimum Gasteiger partial charge on any atom is -0.370 e. The van der Waals surface area contributed by atoms with Gasteiger partial charge in [0.1, 0.15) is 30.1 Å². The molecule has 0 atom stereocenters. The van der Waals surface area contributed by atoms with Crippen molar-refractivity contribution < 1.29 is 19.0 Å². The first-order valence-electron chi connectivity index (χ1n) is 8.57. The zero-order valence-electron chi connectivity index (χ0n) is 14.3. The van der Waals surface area contributed by atoms with Crippen LogP contribution in [0.5, 0.6) is 0 Å². The number of aromatic nitrogens is 1. The Morgan fingerprint density at radius 1 is 1.32 bits per heavy atom. The Balaban J connectivity index is 1.60. The van der Waals surface area contributed by atoms with Crippen LogP contribution in [0.3, 0.4) is 0 Å². The predicted octanol–water partition coefficient (Wildman–Crippen LogP) is 1.34. The highest BCUT2D eigenvalue weighted by molar-refractivity contribution is 6.33. The van der Waals surface area contributed by atoms with E-state index in [1.807, 2.05) is 18.2 Å². The topological polar surface area (TPSA) is 68.8 Å². The van der Waals surface area contributed by atoms with Crippen LogP contribution in [0.1, 0.15) is 22.5 Å². The number of carbonyl (C=O) groups is 1. The van der Waals surface area contributed by atoms with Crippen molar-refractivity contribution in [2.24, 2.45) is 0 Å². The highest BCUT2D eigenvalue weighted by atomic mass is 35.5. The van der Waals surface area contributed by atoms with E-state index in [-0.39, 0.29) is 5.91 Å². The molecule has 0 radical (unpaired) electrons. The van der Waals surface area contributed by atoms with E-state index >= 15 is 0 Å². The Morgan fingerprint density at radius 2 is 2.08 bits per heavy atom. The number of rotatable bonds is 6. The molecule has 1 saturated heterocycles. The number of ether oxygens (including phenoxy) is 1. The van der Waals surface area contributed by atoms with E-state index in [9.17, 15) is 4.79 Å². The normalized spacial score (nSPS) is 15.3. The fraction of sp³-hybridized carbons (Fsp3) is 0.444. The molecule has 2 aromatic rings. The number of hydrogen-bond acceptors (Lipinski definition) is 4. The maximum atomic E-state index is 12.6. The number of morpholine rings is 1. The molecule has 6 nitrogen and oxygen atoms in total. The molecular weight excluding hydrogens is 342 g/mol. The van der Waals surface area contributed by atoms with Crippen molar-refractivity contribution in [1.82, 2.24) is 10.5 Å². The van der Waals surface area contributed by atoms with Gasteiger partial charge in [-0.25, -0.2) is 0 Å². The van der Waals surface area contributed by atoms with Gasteiger partial charge in [-0.1, -0.05) is 35.0 Å². The fourth-order valence-electron chi connectivity index (χ4n) is 3.02. The zero-order valence-corrected chi connectivity index (χ0v) is 15.1. The van der Waals surface area contributed by atoms with Gasteiger partial charge in [0.15, 0.2) is 0 Å². The summed E-state index contributed by atoms with van der Waals surface area (Å²) < 4.78 is 10.6. The SMILES string of the molecule is Cc1onc(-c2ccccc2Cl)c1C(=O)NCCC[NH+]1CCOCC1. The van der Waals surface area contributed by atoms with E-state index < -0.39 is 0 Å². The molecule has 0 bridgehead atoms. The number of hydrogen-bond donors (Lipinski definition) is 2. The summed E-state index contributed by atoms with van der Waals surface area (Å²) >= 11 is 6.23. The molecule has 7 heteroatoms.